The quantitative estimate of drug-likeness (QED) is 0.329. The predicted molar refractivity (Wildman–Crippen MR) is 76.1 cm³/mol. The Hall–Kier alpha value is -1.13. The second kappa shape index (κ2) is 8.65. The maximum Gasteiger partial charge on any atom is 1.00 e. The summed E-state index contributed by atoms with van der Waals surface area (Å²) in [6, 6.07) is 0.703. The molecule has 1 aromatic rings. The Morgan fingerprint density at radius 1 is 1.39 bits per heavy atom. The van der Waals surface area contributed by atoms with Gasteiger partial charge in [0.15, 0.2) is 0 Å². The van der Waals surface area contributed by atoms with E-state index in [0.717, 1.165) is 18.3 Å². The van der Waals surface area contributed by atoms with Gasteiger partial charge in [-0.15, -0.1) is 0 Å². The Kier molecular flexibility index (Phi) is 8.22. The van der Waals surface area contributed by atoms with Crippen LogP contribution in [-0.2, 0) is 14.9 Å². The molecular formula is C13H16NNaO7S. The molecule has 0 unspecified atom stereocenters. The van der Waals surface area contributed by atoms with Crippen molar-refractivity contribution < 1.29 is 62.3 Å². The van der Waals surface area contributed by atoms with Crippen LogP contribution in [0.25, 0.3) is 0 Å². The first-order chi connectivity index (χ1) is 10.1. The molecule has 8 nitrogen and oxygen atoms in total. The standard InChI is InChI=1S/C13H17NO7S.Na/c1-7(2)11(13(16)17)14-6-8-4-9(22(18,19)20)5-10(21-3)12(8)15;/h4-7,11,15H,1-3H3,(H,16,17)(H,18,19,20);/q;+1/p-1/t11-;/m0./s1. The average molecular weight is 353 g/mol. The Bertz CT molecular complexity index is 701. The van der Waals surface area contributed by atoms with Crippen LogP contribution in [0.2, 0.25) is 0 Å². The molecule has 0 radical (unpaired) electrons. The van der Waals surface area contributed by atoms with E-state index in [0.29, 0.717) is 0 Å². The van der Waals surface area contributed by atoms with Gasteiger partial charge in [0.1, 0.15) is 11.8 Å². The SMILES string of the molecule is COc1cc(S(=O)(=O)O)cc(C=N[C@H](C(=O)O)C(C)C)c1[O-].[Na+]. The van der Waals surface area contributed by atoms with E-state index in [1.165, 1.54) is 7.11 Å². The van der Waals surface area contributed by atoms with Gasteiger partial charge >= 0.3 is 35.5 Å². The summed E-state index contributed by atoms with van der Waals surface area (Å²) in [5, 5.41) is 21.0. The molecule has 23 heavy (non-hydrogen) atoms. The number of carbonyl (C=O) groups is 1. The molecule has 0 saturated carbocycles. The van der Waals surface area contributed by atoms with E-state index in [2.05, 4.69) is 4.99 Å². The van der Waals surface area contributed by atoms with E-state index in [1.54, 1.807) is 13.8 Å². The number of nitrogens with zero attached hydrogens (tertiary/aromatic N) is 1. The van der Waals surface area contributed by atoms with Crippen LogP contribution in [-0.4, -0.2) is 43.4 Å². The number of methoxy groups -OCH3 is 1. The fraction of sp³-hybridized carbons (Fsp3) is 0.385. The second-order valence-corrected chi connectivity index (χ2v) is 6.25. The molecule has 10 heteroatoms. The molecule has 0 fully saturated rings. The first-order valence-electron chi connectivity index (χ1n) is 6.20. The van der Waals surface area contributed by atoms with Gasteiger partial charge in [-0.1, -0.05) is 19.6 Å². The van der Waals surface area contributed by atoms with Gasteiger partial charge in [0.25, 0.3) is 10.1 Å². The number of aliphatic carboxylic acids is 1. The van der Waals surface area contributed by atoms with Gasteiger partial charge in [-0.3, -0.25) is 9.55 Å². The molecular weight excluding hydrogens is 337 g/mol. The molecule has 0 amide bonds. The van der Waals surface area contributed by atoms with Gasteiger partial charge < -0.3 is 14.9 Å². The van der Waals surface area contributed by atoms with Crippen LogP contribution in [0, 0.1) is 5.92 Å². The second-order valence-electron chi connectivity index (χ2n) is 4.82. The van der Waals surface area contributed by atoms with Crippen molar-refractivity contribution in [1.82, 2.24) is 0 Å². The number of hydrogen-bond donors (Lipinski definition) is 2. The fourth-order valence-electron chi connectivity index (χ4n) is 1.68. The largest absolute Gasteiger partial charge is 1.00 e. The molecule has 1 rings (SSSR count). The fourth-order valence-corrected chi connectivity index (χ4v) is 2.21. The van der Waals surface area contributed by atoms with Crippen LogP contribution in [0.4, 0.5) is 0 Å². The predicted octanol–water partition coefficient (Wildman–Crippen LogP) is -2.45. The van der Waals surface area contributed by atoms with Crippen LogP contribution in [0.15, 0.2) is 22.0 Å². The monoisotopic (exact) mass is 353 g/mol. The van der Waals surface area contributed by atoms with E-state index in [9.17, 15) is 18.3 Å². The number of rotatable bonds is 6. The summed E-state index contributed by atoms with van der Waals surface area (Å²) in [4.78, 5) is 14.3. The zero-order valence-corrected chi connectivity index (χ0v) is 16.0. The van der Waals surface area contributed by atoms with Gasteiger partial charge in [0.2, 0.25) is 0 Å². The molecule has 0 aromatic heterocycles. The minimum absolute atomic E-state index is 0. The van der Waals surface area contributed by atoms with Crippen LogP contribution >= 0.6 is 0 Å². The Labute approximate surface area is 156 Å². The van der Waals surface area contributed by atoms with Crippen LogP contribution in [0.1, 0.15) is 19.4 Å². The number of aliphatic imine (C=N–C) groups is 1. The van der Waals surface area contributed by atoms with Gasteiger partial charge in [-0.2, -0.15) is 8.42 Å². The third kappa shape index (κ3) is 5.78. The van der Waals surface area contributed by atoms with Crippen LogP contribution < -0.4 is 39.4 Å². The summed E-state index contributed by atoms with van der Waals surface area (Å²) < 4.78 is 36.2. The normalized spacial score (nSPS) is 12.9. The molecule has 0 aliphatic carbocycles. The van der Waals surface area contributed by atoms with Gasteiger partial charge in [0.05, 0.1) is 12.0 Å². The van der Waals surface area contributed by atoms with Crippen molar-refractivity contribution in [3.63, 3.8) is 0 Å². The Balaban J connectivity index is 0.00000484. The van der Waals surface area contributed by atoms with Crippen molar-refractivity contribution in [2.75, 3.05) is 7.11 Å². The minimum atomic E-state index is -4.54. The maximum absolute atomic E-state index is 12.0. The summed E-state index contributed by atoms with van der Waals surface area (Å²) in [6.45, 7) is 3.28. The molecule has 0 bridgehead atoms. The zero-order chi connectivity index (χ0) is 17.1. The minimum Gasteiger partial charge on any atom is -0.870 e. The summed E-state index contributed by atoms with van der Waals surface area (Å²) in [5.41, 5.74) is -0.195. The molecule has 1 atom stereocenters. The van der Waals surface area contributed by atoms with Crippen LogP contribution in [0.5, 0.6) is 11.5 Å². The van der Waals surface area contributed by atoms with Crippen molar-refractivity contribution in [3.05, 3.63) is 17.7 Å². The first-order valence-corrected chi connectivity index (χ1v) is 7.64. The summed E-state index contributed by atoms with van der Waals surface area (Å²) >= 11 is 0. The van der Waals surface area contributed by atoms with Crippen LogP contribution in [0.3, 0.4) is 0 Å². The third-order valence-electron chi connectivity index (χ3n) is 2.83. The van der Waals surface area contributed by atoms with Crippen molar-refractivity contribution >= 4 is 22.3 Å². The summed E-state index contributed by atoms with van der Waals surface area (Å²) in [6.07, 6.45) is 0.971. The van der Waals surface area contributed by atoms with Crippen molar-refractivity contribution in [1.29, 1.82) is 0 Å². The van der Waals surface area contributed by atoms with E-state index < -0.39 is 32.8 Å². The Morgan fingerprint density at radius 2 is 1.96 bits per heavy atom. The first kappa shape index (κ1) is 21.9. The molecule has 122 valence electrons. The summed E-state index contributed by atoms with van der Waals surface area (Å²) in [7, 11) is -3.38. The van der Waals surface area contributed by atoms with Gasteiger partial charge in [0, 0.05) is 12.3 Å². The maximum atomic E-state index is 12.0. The molecule has 2 N–H and O–H groups in total. The van der Waals surface area contributed by atoms with E-state index >= 15 is 0 Å². The average Bonchev–Trinajstić information content (AvgIpc) is 2.38. The topological polar surface area (TPSA) is 136 Å². The number of benzene rings is 1. The molecule has 0 spiro atoms. The van der Waals surface area contributed by atoms with Crippen molar-refractivity contribution in [2.45, 2.75) is 24.8 Å². The molecule has 0 heterocycles. The molecule has 1 aromatic carbocycles. The smallest absolute Gasteiger partial charge is 0.870 e. The van der Waals surface area contributed by atoms with Crippen molar-refractivity contribution in [2.24, 2.45) is 10.9 Å². The van der Waals surface area contributed by atoms with Crippen molar-refractivity contribution in [3.8, 4) is 11.5 Å². The number of carboxylic acids is 1. The third-order valence-corrected chi connectivity index (χ3v) is 3.67. The molecule has 0 saturated heterocycles. The van der Waals surface area contributed by atoms with Gasteiger partial charge in [-0.25, -0.2) is 4.79 Å². The van der Waals surface area contributed by atoms with Gasteiger partial charge in [-0.05, 0) is 17.5 Å². The molecule has 0 aliphatic heterocycles. The van der Waals surface area contributed by atoms with E-state index in [-0.39, 0.29) is 46.8 Å². The van der Waals surface area contributed by atoms with E-state index in [1.807, 2.05) is 0 Å². The molecule has 0 aliphatic rings. The number of ether oxygens (including phenoxy) is 1. The number of carboxylic acid groups (broad SMARTS) is 1. The number of hydrogen-bond acceptors (Lipinski definition) is 6. The summed E-state index contributed by atoms with van der Waals surface area (Å²) in [5.74, 6) is -2.45. The zero-order valence-electron chi connectivity index (χ0n) is 13.2. The Morgan fingerprint density at radius 3 is 2.35 bits per heavy atom. The van der Waals surface area contributed by atoms with E-state index in [4.69, 9.17) is 14.4 Å².